The van der Waals surface area contributed by atoms with Gasteiger partial charge in [-0.25, -0.2) is 4.99 Å². The van der Waals surface area contributed by atoms with E-state index in [1.165, 1.54) is 37.9 Å². The lowest BCUT2D eigenvalue weighted by atomic mass is 10.1. The fourth-order valence-corrected chi connectivity index (χ4v) is 3.25. The van der Waals surface area contributed by atoms with E-state index < -0.39 is 0 Å². The molecular formula is C21H29N3O2. The van der Waals surface area contributed by atoms with Crippen LogP contribution in [0.15, 0.2) is 41.2 Å². The molecule has 1 aromatic carbocycles. The number of aliphatic imine (C=N–C) groups is 1. The first-order chi connectivity index (χ1) is 12.7. The molecule has 0 aromatic heterocycles. The van der Waals surface area contributed by atoms with Gasteiger partial charge in [0.05, 0.1) is 12.5 Å². The standard InChI is InChI=1S/C21H29N3O2/c1-17-15-23-21(14-20(17)25)22-9-6-12-26-19-8-5-7-18(13-19)16-24-10-3-2-4-11-24/h5,7-8,13-15,17,22H,2-4,6,9-12,16H2,1H3. The molecule has 0 aliphatic carbocycles. The van der Waals surface area contributed by atoms with Crippen LogP contribution in [0.2, 0.25) is 0 Å². The number of carbonyl (C=O) groups excluding carboxylic acids is 1. The predicted octanol–water partition coefficient (Wildman–Crippen LogP) is 3.16. The molecule has 0 bridgehead atoms. The van der Waals surface area contributed by atoms with Crippen LogP contribution in [0.1, 0.15) is 38.2 Å². The van der Waals surface area contributed by atoms with Crippen molar-refractivity contribution in [2.75, 3.05) is 26.2 Å². The van der Waals surface area contributed by atoms with Crippen molar-refractivity contribution in [1.29, 1.82) is 0 Å². The Morgan fingerprint density at radius 3 is 2.92 bits per heavy atom. The Hall–Kier alpha value is -2.14. The quantitative estimate of drug-likeness (QED) is 0.728. The molecule has 2 heterocycles. The van der Waals surface area contributed by atoms with Gasteiger partial charge in [-0.1, -0.05) is 25.5 Å². The number of hydrogen-bond donors (Lipinski definition) is 1. The van der Waals surface area contributed by atoms with Crippen molar-refractivity contribution in [2.24, 2.45) is 10.9 Å². The molecule has 5 heteroatoms. The zero-order valence-corrected chi connectivity index (χ0v) is 15.6. The van der Waals surface area contributed by atoms with E-state index in [2.05, 4.69) is 33.4 Å². The molecule has 1 N–H and O–H groups in total. The minimum atomic E-state index is -0.110. The summed E-state index contributed by atoms with van der Waals surface area (Å²) in [5.41, 5.74) is 1.32. The van der Waals surface area contributed by atoms with Crippen molar-refractivity contribution >= 4 is 12.0 Å². The first-order valence-corrected chi connectivity index (χ1v) is 9.68. The van der Waals surface area contributed by atoms with Crippen LogP contribution < -0.4 is 10.1 Å². The smallest absolute Gasteiger partial charge is 0.167 e. The van der Waals surface area contributed by atoms with E-state index in [0.29, 0.717) is 12.4 Å². The van der Waals surface area contributed by atoms with E-state index in [9.17, 15) is 4.79 Å². The molecule has 1 atom stereocenters. The Bertz CT molecular complexity index is 663. The van der Waals surface area contributed by atoms with Crippen LogP contribution in [0.3, 0.4) is 0 Å². The third kappa shape index (κ3) is 5.70. The van der Waals surface area contributed by atoms with E-state index in [0.717, 1.165) is 25.3 Å². The van der Waals surface area contributed by atoms with Crippen LogP contribution in [0.5, 0.6) is 5.75 Å². The lowest BCUT2D eigenvalue weighted by molar-refractivity contribution is -0.116. The van der Waals surface area contributed by atoms with E-state index in [1.54, 1.807) is 12.3 Å². The highest BCUT2D eigenvalue weighted by atomic mass is 16.5. The lowest BCUT2D eigenvalue weighted by Gasteiger charge is -2.26. The largest absolute Gasteiger partial charge is 0.494 e. The fourth-order valence-electron chi connectivity index (χ4n) is 3.25. The molecule has 1 aromatic rings. The highest BCUT2D eigenvalue weighted by molar-refractivity contribution is 6.03. The van der Waals surface area contributed by atoms with Crippen LogP contribution in [0.25, 0.3) is 0 Å². The number of allylic oxidation sites excluding steroid dienone is 1. The maximum absolute atomic E-state index is 11.6. The molecule has 0 radical (unpaired) electrons. The summed E-state index contributed by atoms with van der Waals surface area (Å²) >= 11 is 0. The molecular weight excluding hydrogens is 326 g/mol. The molecule has 1 fully saturated rings. The number of benzene rings is 1. The van der Waals surface area contributed by atoms with Crippen molar-refractivity contribution in [3.63, 3.8) is 0 Å². The van der Waals surface area contributed by atoms with Crippen LogP contribution in [0, 0.1) is 5.92 Å². The number of nitrogens with one attached hydrogen (secondary N) is 1. The van der Waals surface area contributed by atoms with Gasteiger partial charge in [0, 0.05) is 25.4 Å². The summed E-state index contributed by atoms with van der Waals surface area (Å²) in [6.07, 6.45) is 8.11. The summed E-state index contributed by atoms with van der Waals surface area (Å²) in [6.45, 7) is 6.65. The van der Waals surface area contributed by atoms with E-state index >= 15 is 0 Å². The highest BCUT2D eigenvalue weighted by Crippen LogP contribution is 2.17. The number of hydrogen-bond acceptors (Lipinski definition) is 5. The van der Waals surface area contributed by atoms with Crippen LogP contribution in [-0.2, 0) is 11.3 Å². The third-order valence-corrected chi connectivity index (χ3v) is 4.81. The molecule has 1 unspecified atom stereocenters. The van der Waals surface area contributed by atoms with Gasteiger partial charge < -0.3 is 10.1 Å². The molecule has 0 spiro atoms. The maximum Gasteiger partial charge on any atom is 0.167 e. The summed E-state index contributed by atoms with van der Waals surface area (Å²) in [4.78, 5) is 18.4. The molecule has 1 saturated heterocycles. The average Bonchev–Trinajstić information content (AvgIpc) is 2.65. The normalized spacial score (nSPS) is 20.7. The van der Waals surface area contributed by atoms with Crippen LogP contribution in [0.4, 0.5) is 0 Å². The number of ether oxygens (including phenoxy) is 1. The lowest BCUT2D eigenvalue weighted by Crippen LogP contribution is -2.29. The molecule has 0 amide bonds. The van der Waals surface area contributed by atoms with Gasteiger partial charge in [0.1, 0.15) is 11.6 Å². The number of piperidine rings is 1. The monoisotopic (exact) mass is 355 g/mol. The van der Waals surface area contributed by atoms with Gasteiger partial charge in [0.2, 0.25) is 0 Å². The Kier molecular flexibility index (Phi) is 6.83. The average molecular weight is 355 g/mol. The van der Waals surface area contributed by atoms with Crippen molar-refractivity contribution in [2.45, 2.75) is 39.2 Å². The van der Waals surface area contributed by atoms with E-state index in [1.807, 2.05) is 13.0 Å². The number of ketones is 1. The Morgan fingerprint density at radius 1 is 1.27 bits per heavy atom. The Balaban J connectivity index is 1.37. The van der Waals surface area contributed by atoms with Gasteiger partial charge in [0.15, 0.2) is 5.78 Å². The zero-order valence-electron chi connectivity index (χ0n) is 15.6. The van der Waals surface area contributed by atoms with Gasteiger partial charge >= 0.3 is 0 Å². The van der Waals surface area contributed by atoms with Gasteiger partial charge in [-0.15, -0.1) is 0 Å². The van der Waals surface area contributed by atoms with Crippen molar-refractivity contribution < 1.29 is 9.53 Å². The summed E-state index contributed by atoms with van der Waals surface area (Å²) < 4.78 is 5.88. The summed E-state index contributed by atoms with van der Waals surface area (Å²) in [5, 5.41) is 3.18. The van der Waals surface area contributed by atoms with E-state index in [4.69, 9.17) is 4.74 Å². The number of nitrogens with zero attached hydrogens (tertiary/aromatic N) is 2. The van der Waals surface area contributed by atoms with Crippen molar-refractivity contribution in [1.82, 2.24) is 10.2 Å². The summed E-state index contributed by atoms with van der Waals surface area (Å²) in [5.74, 6) is 1.57. The first kappa shape index (κ1) is 18.6. The number of carbonyl (C=O) groups is 1. The first-order valence-electron chi connectivity index (χ1n) is 9.68. The second-order valence-electron chi connectivity index (χ2n) is 7.11. The van der Waals surface area contributed by atoms with Gasteiger partial charge in [-0.05, 0) is 50.0 Å². The molecule has 5 nitrogen and oxygen atoms in total. The van der Waals surface area contributed by atoms with Crippen molar-refractivity contribution in [3.8, 4) is 5.75 Å². The molecule has 140 valence electrons. The number of rotatable bonds is 8. The molecule has 26 heavy (non-hydrogen) atoms. The topological polar surface area (TPSA) is 53.9 Å². The fraction of sp³-hybridized carbons (Fsp3) is 0.524. The van der Waals surface area contributed by atoms with Crippen LogP contribution >= 0.6 is 0 Å². The van der Waals surface area contributed by atoms with E-state index in [-0.39, 0.29) is 11.7 Å². The van der Waals surface area contributed by atoms with Gasteiger partial charge in [-0.2, -0.15) is 0 Å². The molecule has 2 aliphatic rings. The SMILES string of the molecule is CC1C=NC(NCCCOc2cccc(CN3CCCCC3)c2)=CC1=O. The molecule has 3 rings (SSSR count). The van der Waals surface area contributed by atoms with Crippen molar-refractivity contribution in [3.05, 3.63) is 41.7 Å². The molecule has 2 aliphatic heterocycles. The van der Waals surface area contributed by atoms with Gasteiger partial charge in [0.25, 0.3) is 0 Å². The zero-order chi connectivity index (χ0) is 18.2. The third-order valence-electron chi connectivity index (χ3n) is 4.81. The van der Waals surface area contributed by atoms with Crippen LogP contribution in [-0.4, -0.2) is 43.1 Å². The Morgan fingerprint density at radius 2 is 2.12 bits per heavy atom. The minimum Gasteiger partial charge on any atom is -0.494 e. The minimum absolute atomic E-state index is 0.101. The maximum atomic E-state index is 11.6. The Labute approximate surface area is 156 Å². The second kappa shape index (κ2) is 9.53. The van der Waals surface area contributed by atoms with Gasteiger partial charge in [-0.3, -0.25) is 9.69 Å². The summed E-state index contributed by atoms with van der Waals surface area (Å²) in [6, 6.07) is 8.41. The molecule has 0 saturated carbocycles. The second-order valence-corrected chi connectivity index (χ2v) is 7.11. The number of likely N-dealkylation sites (tertiary alicyclic amines) is 1. The predicted molar refractivity (Wildman–Crippen MR) is 104 cm³/mol. The summed E-state index contributed by atoms with van der Waals surface area (Å²) in [7, 11) is 0. The highest BCUT2D eigenvalue weighted by Gasteiger charge is 2.13.